The molecule has 0 bridgehead atoms. The summed E-state index contributed by atoms with van der Waals surface area (Å²) in [7, 11) is 0. The van der Waals surface area contributed by atoms with Crippen molar-refractivity contribution in [2.24, 2.45) is 10.2 Å². The maximum atomic E-state index is 5.58. The van der Waals surface area contributed by atoms with E-state index in [4.69, 9.17) is 5.73 Å². The van der Waals surface area contributed by atoms with Gasteiger partial charge in [-0.15, -0.1) is 0 Å². The van der Waals surface area contributed by atoms with E-state index in [0.29, 0.717) is 0 Å². The first-order valence-corrected chi connectivity index (χ1v) is 4.21. The fourth-order valence-corrected chi connectivity index (χ4v) is 1.29. The SMILES string of the molecule is CC1=NN=C(c2ccc(N)cc2)C1. The lowest BCUT2D eigenvalue weighted by molar-refractivity contribution is 1.26. The van der Waals surface area contributed by atoms with Gasteiger partial charge >= 0.3 is 0 Å². The molecule has 0 atom stereocenters. The van der Waals surface area contributed by atoms with Crippen molar-refractivity contribution in [3.05, 3.63) is 29.8 Å². The minimum atomic E-state index is 0.778. The molecule has 0 fully saturated rings. The van der Waals surface area contributed by atoms with Crippen LogP contribution in [-0.4, -0.2) is 11.4 Å². The zero-order chi connectivity index (χ0) is 9.26. The van der Waals surface area contributed by atoms with Crippen LogP contribution < -0.4 is 5.73 Å². The summed E-state index contributed by atoms with van der Waals surface area (Å²) >= 11 is 0. The molecular weight excluding hydrogens is 162 g/mol. The summed E-state index contributed by atoms with van der Waals surface area (Å²) in [5.41, 5.74) is 9.56. The highest BCUT2D eigenvalue weighted by atomic mass is 15.2. The Hall–Kier alpha value is -1.64. The summed E-state index contributed by atoms with van der Waals surface area (Å²) in [5, 5.41) is 8.07. The van der Waals surface area contributed by atoms with Crippen molar-refractivity contribution >= 4 is 17.1 Å². The fraction of sp³-hybridized carbons (Fsp3) is 0.200. The van der Waals surface area contributed by atoms with Crippen LogP contribution in [0.2, 0.25) is 0 Å². The van der Waals surface area contributed by atoms with Gasteiger partial charge in [-0.25, -0.2) is 0 Å². The van der Waals surface area contributed by atoms with E-state index in [1.54, 1.807) is 0 Å². The zero-order valence-corrected chi connectivity index (χ0v) is 7.49. The van der Waals surface area contributed by atoms with Crippen LogP contribution in [0.5, 0.6) is 0 Å². The van der Waals surface area contributed by atoms with E-state index in [0.717, 1.165) is 29.1 Å². The fourth-order valence-electron chi connectivity index (χ4n) is 1.29. The maximum absolute atomic E-state index is 5.58. The van der Waals surface area contributed by atoms with E-state index >= 15 is 0 Å². The van der Waals surface area contributed by atoms with Crippen molar-refractivity contribution < 1.29 is 0 Å². The number of hydrogen-bond acceptors (Lipinski definition) is 3. The van der Waals surface area contributed by atoms with Crippen LogP contribution in [0.1, 0.15) is 18.9 Å². The van der Waals surface area contributed by atoms with Crippen LogP contribution in [0.25, 0.3) is 0 Å². The highest BCUT2D eigenvalue weighted by Gasteiger charge is 2.09. The minimum Gasteiger partial charge on any atom is -0.399 e. The first-order valence-electron chi connectivity index (χ1n) is 4.21. The molecule has 0 aromatic heterocycles. The number of rotatable bonds is 1. The third-order valence-electron chi connectivity index (χ3n) is 2.01. The van der Waals surface area contributed by atoms with Gasteiger partial charge in [0.1, 0.15) is 0 Å². The lowest BCUT2D eigenvalue weighted by Crippen LogP contribution is -2.00. The van der Waals surface area contributed by atoms with E-state index in [1.165, 1.54) is 0 Å². The Morgan fingerprint density at radius 1 is 1.15 bits per heavy atom. The second-order valence-corrected chi connectivity index (χ2v) is 3.18. The second-order valence-electron chi connectivity index (χ2n) is 3.18. The number of nitrogen functional groups attached to an aromatic ring is 1. The molecule has 13 heavy (non-hydrogen) atoms. The van der Waals surface area contributed by atoms with E-state index in [1.807, 2.05) is 31.2 Å². The summed E-state index contributed by atoms with van der Waals surface area (Å²) in [5.74, 6) is 0. The summed E-state index contributed by atoms with van der Waals surface area (Å²) in [4.78, 5) is 0. The molecule has 0 unspecified atom stereocenters. The zero-order valence-electron chi connectivity index (χ0n) is 7.49. The summed E-state index contributed by atoms with van der Waals surface area (Å²) in [6.07, 6.45) is 0.851. The molecule has 3 heteroatoms. The highest BCUT2D eigenvalue weighted by molar-refractivity contribution is 6.14. The molecule has 2 rings (SSSR count). The molecule has 0 amide bonds. The highest BCUT2D eigenvalue weighted by Crippen LogP contribution is 2.13. The Morgan fingerprint density at radius 2 is 1.85 bits per heavy atom. The van der Waals surface area contributed by atoms with Gasteiger partial charge in [0.2, 0.25) is 0 Å². The molecule has 0 radical (unpaired) electrons. The van der Waals surface area contributed by atoms with Crippen molar-refractivity contribution in [2.45, 2.75) is 13.3 Å². The average Bonchev–Trinajstić information content (AvgIpc) is 2.53. The maximum Gasteiger partial charge on any atom is 0.0759 e. The molecule has 1 aromatic rings. The molecule has 1 aliphatic rings. The Bertz CT molecular complexity index is 374. The lowest BCUT2D eigenvalue weighted by atomic mass is 10.1. The van der Waals surface area contributed by atoms with E-state index in [-0.39, 0.29) is 0 Å². The minimum absolute atomic E-state index is 0.778. The molecule has 0 spiro atoms. The smallest absolute Gasteiger partial charge is 0.0759 e. The van der Waals surface area contributed by atoms with Crippen LogP contribution in [0, 0.1) is 0 Å². The van der Waals surface area contributed by atoms with Gasteiger partial charge in [-0.05, 0) is 24.6 Å². The van der Waals surface area contributed by atoms with Gasteiger partial charge in [-0.3, -0.25) is 0 Å². The van der Waals surface area contributed by atoms with Gasteiger partial charge in [0.05, 0.1) is 5.71 Å². The number of benzene rings is 1. The van der Waals surface area contributed by atoms with Crippen LogP contribution in [-0.2, 0) is 0 Å². The quantitative estimate of drug-likeness (QED) is 0.647. The summed E-state index contributed by atoms with van der Waals surface area (Å²) in [6, 6.07) is 7.71. The third-order valence-corrected chi connectivity index (χ3v) is 2.01. The standard InChI is InChI=1S/C10H11N3/c1-7-6-10(13-12-7)8-2-4-9(11)5-3-8/h2-5H,6,11H2,1H3. The van der Waals surface area contributed by atoms with Crippen LogP contribution in [0.3, 0.4) is 0 Å². The Kier molecular flexibility index (Phi) is 1.85. The van der Waals surface area contributed by atoms with Crippen molar-refractivity contribution in [2.75, 3.05) is 5.73 Å². The molecule has 1 aliphatic heterocycles. The van der Waals surface area contributed by atoms with E-state index < -0.39 is 0 Å². The monoisotopic (exact) mass is 173 g/mol. The number of nitrogens with two attached hydrogens (primary N) is 1. The normalized spacial score (nSPS) is 15.5. The number of hydrogen-bond donors (Lipinski definition) is 1. The van der Waals surface area contributed by atoms with Crippen LogP contribution in [0.4, 0.5) is 5.69 Å². The first kappa shape index (κ1) is 7.98. The van der Waals surface area contributed by atoms with Crippen LogP contribution >= 0.6 is 0 Å². The lowest BCUT2D eigenvalue weighted by Gasteiger charge is -1.99. The number of nitrogens with zero attached hydrogens (tertiary/aromatic N) is 2. The molecule has 2 N–H and O–H groups in total. The summed E-state index contributed by atoms with van der Waals surface area (Å²) < 4.78 is 0. The van der Waals surface area contributed by atoms with Gasteiger partial charge in [0.15, 0.2) is 0 Å². The molecule has 0 saturated carbocycles. The summed E-state index contributed by atoms with van der Waals surface area (Å²) in [6.45, 7) is 1.98. The van der Waals surface area contributed by atoms with Crippen molar-refractivity contribution in [1.29, 1.82) is 0 Å². The molecule has 0 saturated heterocycles. The Labute approximate surface area is 77.0 Å². The first-order chi connectivity index (χ1) is 6.25. The molecule has 1 heterocycles. The van der Waals surface area contributed by atoms with Gasteiger partial charge in [-0.1, -0.05) is 12.1 Å². The average molecular weight is 173 g/mol. The molecular formula is C10H11N3. The number of anilines is 1. The van der Waals surface area contributed by atoms with Crippen molar-refractivity contribution in [1.82, 2.24) is 0 Å². The van der Waals surface area contributed by atoms with Gasteiger partial charge < -0.3 is 5.73 Å². The molecule has 3 nitrogen and oxygen atoms in total. The predicted octanol–water partition coefficient (Wildman–Crippen LogP) is 1.84. The van der Waals surface area contributed by atoms with Gasteiger partial charge in [0, 0.05) is 17.8 Å². The second kappa shape index (κ2) is 3.01. The molecule has 1 aromatic carbocycles. The van der Waals surface area contributed by atoms with E-state index in [2.05, 4.69) is 10.2 Å². The largest absolute Gasteiger partial charge is 0.399 e. The third kappa shape index (κ3) is 1.59. The topological polar surface area (TPSA) is 50.7 Å². The molecule has 0 aliphatic carbocycles. The van der Waals surface area contributed by atoms with Crippen molar-refractivity contribution in [3.63, 3.8) is 0 Å². The van der Waals surface area contributed by atoms with Gasteiger partial charge in [-0.2, -0.15) is 10.2 Å². The Morgan fingerprint density at radius 3 is 2.38 bits per heavy atom. The van der Waals surface area contributed by atoms with Gasteiger partial charge in [0.25, 0.3) is 0 Å². The predicted molar refractivity (Wildman–Crippen MR) is 55.1 cm³/mol. The Balaban J connectivity index is 2.24. The van der Waals surface area contributed by atoms with Crippen LogP contribution in [0.15, 0.2) is 34.5 Å². The van der Waals surface area contributed by atoms with Crippen molar-refractivity contribution in [3.8, 4) is 0 Å². The molecule has 66 valence electrons. The van der Waals surface area contributed by atoms with E-state index in [9.17, 15) is 0 Å².